The average molecular weight is 215 g/mol. The fourth-order valence-electron chi connectivity index (χ4n) is 0.172. The van der Waals surface area contributed by atoms with Crippen molar-refractivity contribution in [3.8, 4) is 0 Å². The van der Waals surface area contributed by atoms with E-state index in [0.717, 1.165) is 11.0 Å². The van der Waals surface area contributed by atoms with Crippen LogP contribution in [0.5, 0.6) is 0 Å². The Morgan fingerprint density at radius 1 is 1.86 bits per heavy atom. The van der Waals surface area contributed by atoms with Crippen molar-refractivity contribution in [3.05, 3.63) is 5.21 Å². The van der Waals surface area contributed by atoms with Crippen LogP contribution >= 0.6 is 22.6 Å². The van der Waals surface area contributed by atoms with Crippen LogP contribution in [0.4, 0.5) is 0 Å². The van der Waals surface area contributed by atoms with E-state index in [4.69, 9.17) is 0 Å². The van der Waals surface area contributed by atoms with Crippen LogP contribution in [0.25, 0.3) is 0 Å². The summed E-state index contributed by atoms with van der Waals surface area (Å²) in [5, 5.41) is 11.2. The lowest BCUT2D eigenvalue weighted by Gasteiger charge is -2.19. The second kappa shape index (κ2) is 4.76. The minimum Gasteiger partial charge on any atom is -0.774 e. The Bertz CT molecular complexity index is 43.9. The Kier molecular flexibility index (Phi) is 5.18. The lowest BCUT2D eigenvalue weighted by atomic mass is 10.7. The zero-order valence-corrected chi connectivity index (χ0v) is 6.31. The van der Waals surface area contributed by atoms with Crippen LogP contribution in [0, 0.1) is 5.21 Å². The first-order valence-corrected chi connectivity index (χ1v) is 3.48. The fourth-order valence-corrected chi connectivity index (χ4v) is 0.896. The third-order valence-corrected chi connectivity index (χ3v) is 1.06. The number of halogens is 1. The van der Waals surface area contributed by atoms with Gasteiger partial charge in [0.25, 0.3) is 0 Å². The van der Waals surface area contributed by atoms with E-state index in [1.165, 1.54) is 5.01 Å². The molecule has 3 nitrogen and oxygen atoms in total. The van der Waals surface area contributed by atoms with Gasteiger partial charge < -0.3 is 10.8 Å². The number of nitrogens with zero attached hydrogens (tertiary/aromatic N) is 1. The molecule has 0 aliphatic rings. The number of hydrogen-bond acceptors (Lipinski definition) is 3. The lowest BCUT2D eigenvalue weighted by molar-refractivity contribution is 0.297. The summed E-state index contributed by atoms with van der Waals surface area (Å²) in [4.78, 5) is 0. The van der Waals surface area contributed by atoms with Crippen LogP contribution in [0.15, 0.2) is 0 Å². The topological polar surface area (TPSA) is 38.3 Å². The summed E-state index contributed by atoms with van der Waals surface area (Å²) in [5.74, 6) is 0. The third-order valence-electron chi connectivity index (χ3n) is 0.576. The Hall–Kier alpha value is 0.610. The molecule has 4 heteroatoms. The number of rotatable bonds is 3. The summed E-state index contributed by atoms with van der Waals surface area (Å²) < 4.78 is 0.976. The second-order valence-corrected chi connectivity index (χ2v) is 2.28. The van der Waals surface area contributed by atoms with Crippen LogP contribution in [0.2, 0.25) is 0 Å². The summed E-state index contributed by atoms with van der Waals surface area (Å²) in [6, 6.07) is 0. The molecule has 0 aliphatic carbocycles. The van der Waals surface area contributed by atoms with Crippen molar-refractivity contribution < 1.29 is 0 Å². The number of hydrazine groups is 1. The van der Waals surface area contributed by atoms with Gasteiger partial charge in [0.05, 0.1) is 0 Å². The predicted octanol–water partition coefficient (Wildman–Crippen LogP) is 0.356. The molecule has 0 radical (unpaired) electrons. The molecule has 0 amide bonds. The van der Waals surface area contributed by atoms with E-state index >= 15 is 0 Å². The molecular formula is C3H8IN2O-. The van der Waals surface area contributed by atoms with Crippen LogP contribution in [0.1, 0.15) is 0 Å². The molecule has 0 bridgehead atoms. The molecule has 0 rings (SSSR count). The van der Waals surface area contributed by atoms with Gasteiger partial charge in [-0.1, -0.05) is 22.6 Å². The molecule has 0 aromatic carbocycles. The zero-order valence-electron chi connectivity index (χ0n) is 4.15. The van der Waals surface area contributed by atoms with Gasteiger partial charge in [-0.05, 0) is 0 Å². The van der Waals surface area contributed by atoms with Gasteiger partial charge in [-0.15, -0.1) is 0 Å². The first-order valence-electron chi connectivity index (χ1n) is 1.96. The highest BCUT2D eigenvalue weighted by atomic mass is 127. The molecule has 7 heavy (non-hydrogen) atoms. The van der Waals surface area contributed by atoms with E-state index in [2.05, 4.69) is 22.6 Å². The highest BCUT2D eigenvalue weighted by molar-refractivity contribution is 14.1. The van der Waals surface area contributed by atoms with Gasteiger partial charge in [-0.2, -0.15) is 0 Å². The molecule has 0 spiro atoms. The minimum absolute atomic E-state index is 0.796. The molecule has 1 N–H and O–H groups in total. The monoisotopic (exact) mass is 215 g/mol. The summed E-state index contributed by atoms with van der Waals surface area (Å²) >= 11 is 2.21. The van der Waals surface area contributed by atoms with Crippen molar-refractivity contribution in [3.63, 3.8) is 0 Å². The average Bonchev–Trinajstić information content (AvgIpc) is 1.68. The quantitative estimate of drug-likeness (QED) is 0.419. The van der Waals surface area contributed by atoms with Crippen molar-refractivity contribution in [2.75, 3.05) is 18.0 Å². The Morgan fingerprint density at radius 3 is 2.57 bits per heavy atom. The van der Waals surface area contributed by atoms with E-state index in [0.29, 0.717) is 0 Å². The van der Waals surface area contributed by atoms with Crippen LogP contribution in [0.3, 0.4) is 0 Å². The minimum atomic E-state index is 0.796. The van der Waals surface area contributed by atoms with Crippen molar-refractivity contribution in [1.82, 2.24) is 10.6 Å². The zero-order chi connectivity index (χ0) is 5.70. The number of nitrogens with one attached hydrogen (secondary N) is 1. The van der Waals surface area contributed by atoms with Crippen LogP contribution in [-0.2, 0) is 0 Å². The molecule has 0 aliphatic heterocycles. The molecule has 0 heterocycles. The molecular weight excluding hydrogens is 207 g/mol. The number of hydrogen-bond donors (Lipinski definition) is 1. The molecule has 44 valence electrons. The van der Waals surface area contributed by atoms with Gasteiger partial charge in [0, 0.05) is 18.0 Å². The Labute approximate surface area is 56.8 Å². The first kappa shape index (κ1) is 7.61. The highest BCUT2D eigenvalue weighted by Crippen LogP contribution is 1.80. The Balaban J connectivity index is 2.83. The summed E-state index contributed by atoms with van der Waals surface area (Å²) in [6.07, 6.45) is 0. The van der Waals surface area contributed by atoms with E-state index in [1.807, 2.05) is 0 Å². The Morgan fingerprint density at radius 2 is 2.43 bits per heavy atom. The predicted molar refractivity (Wildman–Crippen MR) is 38.0 cm³/mol. The maximum Gasteiger partial charge on any atom is 0.0207 e. The first-order chi connectivity index (χ1) is 3.31. The van der Waals surface area contributed by atoms with E-state index < -0.39 is 0 Å². The molecule has 0 saturated heterocycles. The second-order valence-electron chi connectivity index (χ2n) is 1.20. The van der Waals surface area contributed by atoms with Crippen LogP contribution < -0.4 is 5.59 Å². The van der Waals surface area contributed by atoms with E-state index in [1.54, 1.807) is 12.6 Å². The van der Waals surface area contributed by atoms with Crippen molar-refractivity contribution >= 4 is 22.6 Å². The highest BCUT2D eigenvalue weighted by Gasteiger charge is 1.83. The normalized spacial score (nSPS) is 10.3. The summed E-state index contributed by atoms with van der Waals surface area (Å²) in [7, 11) is 1.71. The fraction of sp³-hybridized carbons (Fsp3) is 1.00. The summed E-state index contributed by atoms with van der Waals surface area (Å²) in [6.45, 7) is 0.796. The molecule has 0 unspecified atom stereocenters. The largest absolute Gasteiger partial charge is 0.774 e. The molecule has 0 fully saturated rings. The van der Waals surface area contributed by atoms with Gasteiger partial charge in [-0.25, -0.2) is 0 Å². The molecule has 0 atom stereocenters. The van der Waals surface area contributed by atoms with Crippen molar-refractivity contribution in [1.29, 1.82) is 0 Å². The summed E-state index contributed by atoms with van der Waals surface area (Å²) in [5.41, 5.74) is 1.74. The van der Waals surface area contributed by atoms with Gasteiger partial charge in [0.15, 0.2) is 0 Å². The third kappa shape index (κ3) is 4.46. The van der Waals surface area contributed by atoms with Gasteiger partial charge in [0.1, 0.15) is 0 Å². The van der Waals surface area contributed by atoms with Crippen molar-refractivity contribution in [2.24, 2.45) is 0 Å². The number of alkyl halides is 1. The SMILES string of the molecule is CN(CCI)N[O-]. The molecule has 0 aromatic heterocycles. The maximum atomic E-state index is 9.69. The standard InChI is InChI=1S/C3H8IN2O/c1-6(5-7)3-2-4/h5H,2-3H2,1H3/q-1. The van der Waals surface area contributed by atoms with Crippen LogP contribution in [-0.4, -0.2) is 23.0 Å². The lowest BCUT2D eigenvalue weighted by Crippen LogP contribution is -2.30. The molecule has 0 aromatic rings. The van der Waals surface area contributed by atoms with E-state index in [-0.39, 0.29) is 0 Å². The molecule has 0 saturated carbocycles. The smallest absolute Gasteiger partial charge is 0.0207 e. The van der Waals surface area contributed by atoms with Crippen molar-refractivity contribution in [2.45, 2.75) is 0 Å². The van der Waals surface area contributed by atoms with Gasteiger partial charge in [0.2, 0.25) is 0 Å². The maximum absolute atomic E-state index is 9.69. The van der Waals surface area contributed by atoms with Gasteiger partial charge in [-0.3, -0.25) is 5.01 Å². The van der Waals surface area contributed by atoms with E-state index in [9.17, 15) is 5.21 Å². The van der Waals surface area contributed by atoms with Gasteiger partial charge >= 0.3 is 0 Å².